The van der Waals surface area contributed by atoms with Crippen LogP contribution >= 0.6 is 11.6 Å². The Balaban J connectivity index is 1.97. The normalized spacial score (nSPS) is 19.2. The van der Waals surface area contributed by atoms with E-state index in [4.69, 9.17) is 16.3 Å². The molecule has 1 saturated heterocycles. The van der Waals surface area contributed by atoms with Gasteiger partial charge in [-0.2, -0.15) is 4.72 Å². The van der Waals surface area contributed by atoms with Crippen molar-refractivity contribution in [2.24, 2.45) is 5.92 Å². The van der Waals surface area contributed by atoms with Crippen LogP contribution < -0.4 is 4.72 Å². The summed E-state index contributed by atoms with van der Waals surface area (Å²) >= 11 is 5.75. The van der Waals surface area contributed by atoms with Crippen LogP contribution in [0.25, 0.3) is 0 Å². The zero-order valence-corrected chi connectivity index (χ0v) is 20.0. The molecule has 9 nitrogen and oxygen atoms in total. The van der Waals surface area contributed by atoms with Gasteiger partial charge in [-0.3, -0.25) is 9.59 Å². The Bertz CT molecular complexity index is 1010. The van der Waals surface area contributed by atoms with Crippen LogP contribution in [0.4, 0.5) is 0 Å². The van der Waals surface area contributed by atoms with Crippen molar-refractivity contribution in [3.63, 3.8) is 0 Å². The lowest BCUT2D eigenvalue weighted by atomic mass is 10.1. The molecule has 1 aliphatic rings. The van der Waals surface area contributed by atoms with Gasteiger partial charge in [0, 0.05) is 17.6 Å². The maximum absolute atomic E-state index is 12.6. The smallest absolute Gasteiger partial charge is 0.324 e. The molecule has 1 heterocycles. The van der Waals surface area contributed by atoms with Gasteiger partial charge in [-0.1, -0.05) is 25.4 Å². The second-order valence-corrected chi connectivity index (χ2v) is 12.3. The van der Waals surface area contributed by atoms with Crippen molar-refractivity contribution in [1.29, 1.82) is 0 Å². The molecule has 1 fully saturated rings. The van der Waals surface area contributed by atoms with Crippen molar-refractivity contribution < 1.29 is 31.2 Å². The molecule has 174 valence electrons. The first kappa shape index (κ1) is 25.6. The zero-order valence-electron chi connectivity index (χ0n) is 17.6. The minimum Gasteiger partial charge on any atom is -0.454 e. The maximum Gasteiger partial charge on any atom is 0.324 e. The summed E-state index contributed by atoms with van der Waals surface area (Å²) in [5, 5.41) is 0.367. The number of ether oxygens (including phenoxy) is 1. The predicted molar refractivity (Wildman–Crippen MR) is 116 cm³/mol. The molecule has 1 aromatic carbocycles. The van der Waals surface area contributed by atoms with Gasteiger partial charge in [0.25, 0.3) is 5.91 Å². The van der Waals surface area contributed by atoms with E-state index in [0.717, 1.165) is 0 Å². The molecule has 1 N–H and O–H groups in total. The summed E-state index contributed by atoms with van der Waals surface area (Å²) in [6.07, 6.45) is 0.339. The standard InChI is InChI=1S/C19H27ClN2O7S2/c1-13(2)10-22(16-8-9-30(25,26)12-16)18(23)11-29-19(24)14(3)21-31(27,28)17-6-4-15(20)5-7-17/h4-7,13-14,16,21H,8-12H2,1-3H3. The van der Waals surface area contributed by atoms with Crippen LogP contribution in [-0.4, -0.2) is 70.4 Å². The third-order valence-corrected chi connectivity index (χ3v) is 8.24. The second kappa shape index (κ2) is 10.3. The van der Waals surface area contributed by atoms with Crippen LogP contribution in [-0.2, 0) is 34.2 Å². The van der Waals surface area contributed by atoms with Gasteiger partial charge < -0.3 is 9.64 Å². The summed E-state index contributed by atoms with van der Waals surface area (Å²) < 4.78 is 55.5. The Morgan fingerprint density at radius 1 is 1.23 bits per heavy atom. The number of nitrogens with one attached hydrogen (secondary N) is 1. The van der Waals surface area contributed by atoms with E-state index in [1.54, 1.807) is 0 Å². The Kier molecular flexibility index (Phi) is 8.48. The molecule has 0 aromatic heterocycles. The van der Waals surface area contributed by atoms with Gasteiger partial charge in [0.2, 0.25) is 10.0 Å². The SMILES string of the molecule is CC(C)CN(C(=O)COC(=O)C(C)NS(=O)(=O)c1ccc(Cl)cc1)C1CCS(=O)(=O)C1. The number of esters is 1. The first-order chi connectivity index (χ1) is 14.3. The van der Waals surface area contributed by atoms with E-state index >= 15 is 0 Å². The summed E-state index contributed by atoms with van der Waals surface area (Å²) in [4.78, 5) is 26.3. The van der Waals surface area contributed by atoms with Gasteiger partial charge in [-0.05, 0) is 43.5 Å². The average molecular weight is 495 g/mol. The van der Waals surface area contributed by atoms with E-state index in [9.17, 15) is 26.4 Å². The van der Waals surface area contributed by atoms with Crippen molar-refractivity contribution in [2.75, 3.05) is 24.7 Å². The highest BCUT2D eigenvalue weighted by atomic mass is 35.5. The third kappa shape index (κ3) is 7.44. The minimum absolute atomic E-state index is 0.0167. The Morgan fingerprint density at radius 3 is 2.35 bits per heavy atom. The molecule has 1 amide bonds. The van der Waals surface area contributed by atoms with Gasteiger partial charge in [-0.15, -0.1) is 0 Å². The monoisotopic (exact) mass is 494 g/mol. The first-order valence-corrected chi connectivity index (χ1v) is 13.4. The van der Waals surface area contributed by atoms with Gasteiger partial charge in [-0.25, -0.2) is 16.8 Å². The fourth-order valence-electron chi connectivity index (χ4n) is 3.17. The summed E-state index contributed by atoms with van der Waals surface area (Å²) in [6.45, 7) is 4.81. The van der Waals surface area contributed by atoms with E-state index in [1.807, 2.05) is 13.8 Å². The van der Waals surface area contributed by atoms with Gasteiger partial charge >= 0.3 is 5.97 Å². The van der Waals surface area contributed by atoms with Crippen molar-refractivity contribution in [2.45, 2.75) is 44.2 Å². The topological polar surface area (TPSA) is 127 Å². The fraction of sp³-hybridized carbons (Fsp3) is 0.579. The van der Waals surface area contributed by atoms with Crippen molar-refractivity contribution in [1.82, 2.24) is 9.62 Å². The predicted octanol–water partition coefficient (Wildman–Crippen LogP) is 1.22. The maximum atomic E-state index is 12.6. The van der Waals surface area contributed by atoms with E-state index in [0.29, 0.717) is 18.0 Å². The van der Waals surface area contributed by atoms with Gasteiger partial charge in [0.1, 0.15) is 6.04 Å². The molecule has 31 heavy (non-hydrogen) atoms. The molecular formula is C19H27ClN2O7S2. The molecule has 0 radical (unpaired) electrons. The van der Waals surface area contributed by atoms with Crippen LogP contribution in [0.1, 0.15) is 27.2 Å². The second-order valence-electron chi connectivity index (χ2n) is 7.90. The van der Waals surface area contributed by atoms with Gasteiger partial charge in [0.05, 0.1) is 16.4 Å². The molecule has 12 heteroatoms. The lowest BCUT2D eigenvalue weighted by molar-refractivity contribution is -0.154. The molecule has 1 aromatic rings. The van der Waals surface area contributed by atoms with E-state index in [2.05, 4.69) is 4.72 Å². The number of carbonyl (C=O) groups excluding carboxylic acids is 2. The van der Waals surface area contributed by atoms with Crippen LogP contribution in [0.3, 0.4) is 0 Å². The molecular weight excluding hydrogens is 468 g/mol. The highest BCUT2D eigenvalue weighted by Crippen LogP contribution is 2.19. The van der Waals surface area contributed by atoms with Crippen LogP contribution in [0, 0.1) is 5.92 Å². The highest BCUT2D eigenvalue weighted by molar-refractivity contribution is 7.91. The number of rotatable bonds is 9. The van der Waals surface area contributed by atoms with Crippen LogP contribution in [0.15, 0.2) is 29.2 Å². The lowest BCUT2D eigenvalue weighted by Crippen LogP contribution is -2.46. The molecule has 2 atom stereocenters. The largest absolute Gasteiger partial charge is 0.454 e. The minimum atomic E-state index is -3.99. The van der Waals surface area contributed by atoms with E-state index in [-0.39, 0.29) is 22.3 Å². The first-order valence-electron chi connectivity index (χ1n) is 9.75. The Morgan fingerprint density at radius 2 is 1.84 bits per heavy atom. The quantitative estimate of drug-likeness (QED) is 0.511. The molecule has 0 bridgehead atoms. The average Bonchev–Trinajstić information content (AvgIpc) is 3.03. The highest BCUT2D eigenvalue weighted by Gasteiger charge is 2.35. The number of nitrogens with zero attached hydrogens (tertiary/aromatic N) is 1. The number of sulfone groups is 1. The van der Waals surface area contributed by atoms with Crippen molar-refractivity contribution in [3.8, 4) is 0 Å². The number of carbonyl (C=O) groups is 2. The summed E-state index contributed by atoms with van der Waals surface area (Å²) in [5.74, 6) is -1.45. The van der Waals surface area contributed by atoms with Crippen LogP contribution in [0.2, 0.25) is 5.02 Å². The molecule has 2 rings (SSSR count). The lowest BCUT2D eigenvalue weighted by Gasteiger charge is -2.29. The fourth-order valence-corrected chi connectivity index (χ4v) is 6.22. The molecule has 0 aliphatic carbocycles. The number of hydrogen-bond donors (Lipinski definition) is 1. The van der Waals surface area contributed by atoms with Crippen molar-refractivity contribution >= 4 is 43.3 Å². The number of benzene rings is 1. The number of sulfonamides is 1. The van der Waals surface area contributed by atoms with Crippen LogP contribution in [0.5, 0.6) is 0 Å². The molecule has 0 saturated carbocycles. The van der Waals surface area contributed by atoms with Crippen molar-refractivity contribution in [3.05, 3.63) is 29.3 Å². The van der Waals surface area contributed by atoms with Gasteiger partial charge in [0.15, 0.2) is 16.4 Å². The number of halogens is 1. The Hall–Kier alpha value is -1.69. The van der Waals surface area contributed by atoms with E-state index in [1.165, 1.54) is 36.1 Å². The summed E-state index contributed by atoms with van der Waals surface area (Å²) in [7, 11) is -7.18. The molecule has 1 aliphatic heterocycles. The van der Waals surface area contributed by atoms with E-state index < -0.39 is 50.4 Å². The number of amides is 1. The summed E-state index contributed by atoms with van der Waals surface area (Å²) in [5.41, 5.74) is 0. The Labute approximate surface area is 188 Å². The third-order valence-electron chi connectivity index (χ3n) is 4.68. The summed E-state index contributed by atoms with van der Waals surface area (Å²) in [6, 6.07) is 3.71. The number of hydrogen-bond acceptors (Lipinski definition) is 7. The zero-order chi connectivity index (χ0) is 23.4. The molecule has 2 unspecified atom stereocenters. The molecule has 0 spiro atoms.